The minimum Gasteiger partial charge on any atom is -0.494 e. The van der Waals surface area contributed by atoms with Crippen LogP contribution in [0.15, 0.2) is 33.9 Å². The third kappa shape index (κ3) is 3.98. The van der Waals surface area contributed by atoms with E-state index in [1.165, 1.54) is 11.5 Å². The zero-order valence-corrected chi connectivity index (χ0v) is 14.4. The first kappa shape index (κ1) is 18.5. The molecule has 0 fully saturated rings. The average molecular weight is 343 g/mol. The summed E-state index contributed by atoms with van der Waals surface area (Å²) in [5.41, 5.74) is -0.278. The molecular weight excluding hydrogens is 322 g/mol. The monoisotopic (exact) mass is 343 g/mol. The molecule has 0 unspecified atom stereocenters. The van der Waals surface area contributed by atoms with Crippen molar-refractivity contribution in [3.8, 4) is 11.8 Å². The molecule has 0 aliphatic heterocycles. The van der Waals surface area contributed by atoms with Crippen LogP contribution in [0, 0.1) is 18.3 Å². The Morgan fingerprint density at radius 3 is 2.68 bits per heavy atom. The van der Waals surface area contributed by atoms with Crippen LogP contribution in [-0.4, -0.2) is 27.5 Å². The smallest absolute Gasteiger partial charge is 0.331 e. The lowest BCUT2D eigenvalue weighted by molar-refractivity contribution is 0.270. The minimum atomic E-state index is -0.626. The van der Waals surface area contributed by atoms with Crippen LogP contribution in [0.5, 0.6) is 5.75 Å². The number of rotatable bonds is 7. The molecule has 0 aliphatic rings. The molecule has 1 aromatic heterocycles. The topological polar surface area (TPSA) is 97.2 Å². The lowest BCUT2D eigenvalue weighted by atomic mass is 10.2. The lowest BCUT2D eigenvalue weighted by Crippen LogP contribution is -2.43. The number of nitrogens with zero attached hydrogens (tertiary/aromatic N) is 3. The highest BCUT2D eigenvalue weighted by molar-refractivity contribution is 5.32. The van der Waals surface area contributed by atoms with Gasteiger partial charge in [0.25, 0.3) is 5.56 Å². The van der Waals surface area contributed by atoms with Gasteiger partial charge < -0.3 is 9.84 Å². The number of aliphatic hydroxyl groups is 1. The molecule has 25 heavy (non-hydrogen) atoms. The van der Waals surface area contributed by atoms with Crippen molar-refractivity contribution in [2.75, 3.05) is 13.2 Å². The summed E-state index contributed by atoms with van der Waals surface area (Å²) in [6.45, 7) is 3.91. The molecule has 0 saturated carbocycles. The van der Waals surface area contributed by atoms with Crippen molar-refractivity contribution in [2.24, 2.45) is 0 Å². The van der Waals surface area contributed by atoms with Gasteiger partial charge in [0.05, 0.1) is 26.3 Å². The number of aromatic nitrogens is 2. The highest BCUT2D eigenvalue weighted by atomic mass is 16.5. The third-order valence-corrected chi connectivity index (χ3v) is 3.83. The first-order chi connectivity index (χ1) is 12.0. The van der Waals surface area contributed by atoms with Gasteiger partial charge in [-0.05, 0) is 31.0 Å². The summed E-state index contributed by atoms with van der Waals surface area (Å²) in [5, 5.41) is 18.4. The van der Waals surface area contributed by atoms with Gasteiger partial charge in [-0.3, -0.25) is 13.9 Å². The van der Waals surface area contributed by atoms with Crippen LogP contribution < -0.4 is 16.0 Å². The maximum atomic E-state index is 12.6. The summed E-state index contributed by atoms with van der Waals surface area (Å²) in [4.78, 5) is 25.1. The molecular formula is C18H21N3O4. The van der Waals surface area contributed by atoms with E-state index in [1.54, 1.807) is 18.2 Å². The molecule has 0 spiro atoms. The van der Waals surface area contributed by atoms with Crippen molar-refractivity contribution in [1.82, 2.24) is 9.13 Å². The van der Waals surface area contributed by atoms with Crippen LogP contribution in [0.2, 0.25) is 0 Å². The van der Waals surface area contributed by atoms with E-state index in [0.717, 1.165) is 16.6 Å². The quantitative estimate of drug-likeness (QED) is 0.809. The Labute approximate surface area is 145 Å². The summed E-state index contributed by atoms with van der Waals surface area (Å²) >= 11 is 0. The standard InChI is InChI=1S/C18H21N3O4/c1-3-9-25-15-6-4-5-14(10-15)12-21-17(23)16(11-19)13(2)20(7-8-22)18(21)24/h4-6,10,22H,3,7-9,12H2,1-2H3. The fourth-order valence-electron chi connectivity index (χ4n) is 2.57. The second-order valence-electron chi connectivity index (χ2n) is 5.62. The minimum absolute atomic E-state index is 0.0271. The van der Waals surface area contributed by atoms with Crippen LogP contribution >= 0.6 is 0 Å². The molecule has 2 rings (SSSR count). The largest absolute Gasteiger partial charge is 0.494 e. The highest BCUT2D eigenvalue weighted by Crippen LogP contribution is 2.14. The Morgan fingerprint density at radius 1 is 1.28 bits per heavy atom. The molecule has 0 bridgehead atoms. The number of aliphatic hydroxyl groups excluding tert-OH is 1. The van der Waals surface area contributed by atoms with E-state index in [0.29, 0.717) is 12.4 Å². The van der Waals surface area contributed by atoms with E-state index < -0.39 is 11.2 Å². The van der Waals surface area contributed by atoms with Crippen LogP contribution in [-0.2, 0) is 13.1 Å². The zero-order valence-electron chi connectivity index (χ0n) is 14.4. The zero-order chi connectivity index (χ0) is 18.4. The predicted octanol–water partition coefficient (Wildman–Crippen LogP) is 1.02. The van der Waals surface area contributed by atoms with Gasteiger partial charge in [0.2, 0.25) is 0 Å². The first-order valence-electron chi connectivity index (χ1n) is 8.10. The number of nitriles is 1. The van der Waals surface area contributed by atoms with Gasteiger partial charge in [-0.25, -0.2) is 4.79 Å². The van der Waals surface area contributed by atoms with E-state index in [9.17, 15) is 14.9 Å². The SMILES string of the molecule is CCCOc1cccc(Cn2c(=O)c(C#N)c(C)n(CCO)c2=O)c1. The molecule has 7 heteroatoms. The summed E-state index contributed by atoms with van der Waals surface area (Å²) in [6.07, 6.45) is 0.874. The molecule has 0 amide bonds. The van der Waals surface area contributed by atoms with Crippen LogP contribution in [0.4, 0.5) is 0 Å². The summed E-state index contributed by atoms with van der Waals surface area (Å²) in [5.74, 6) is 0.663. The molecule has 0 atom stereocenters. The van der Waals surface area contributed by atoms with E-state index in [2.05, 4.69) is 0 Å². The third-order valence-electron chi connectivity index (χ3n) is 3.83. The van der Waals surface area contributed by atoms with Crippen LogP contribution in [0.1, 0.15) is 30.2 Å². The fourth-order valence-corrected chi connectivity index (χ4v) is 2.57. The number of hydrogen-bond acceptors (Lipinski definition) is 5. The van der Waals surface area contributed by atoms with E-state index in [-0.39, 0.29) is 31.0 Å². The Bertz CT molecular complexity index is 906. The number of ether oxygens (including phenoxy) is 1. The normalized spacial score (nSPS) is 10.5. The summed E-state index contributed by atoms with van der Waals surface area (Å²) in [6, 6.07) is 9.00. The first-order valence-corrected chi connectivity index (χ1v) is 8.10. The molecule has 1 aromatic carbocycles. The molecule has 0 aliphatic carbocycles. The molecule has 0 radical (unpaired) electrons. The predicted molar refractivity (Wildman–Crippen MR) is 92.8 cm³/mol. The van der Waals surface area contributed by atoms with E-state index in [4.69, 9.17) is 9.84 Å². The molecule has 1 N–H and O–H groups in total. The van der Waals surface area contributed by atoms with Crippen molar-refractivity contribution < 1.29 is 9.84 Å². The molecule has 132 valence electrons. The maximum Gasteiger partial charge on any atom is 0.331 e. The Hall–Kier alpha value is -2.85. The molecule has 0 saturated heterocycles. The van der Waals surface area contributed by atoms with Crippen LogP contribution in [0.3, 0.4) is 0 Å². The lowest BCUT2D eigenvalue weighted by Gasteiger charge is -2.14. The van der Waals surface area contributed by atoms with Gasteiger partial charge in [-0.15, -0.1) is 0 Å². The van der Waals surface area contributed by atoms with E-state index in [1.807, 2.05) is 19.1 Å². The van der Waals surface area contributed by atoms with Gasteiger partial charge in [-0.1, -0.05) is 19.1 Å². The Morgan fingerprint density at radius 2 is 2.04 bits per heavy atom. The number of hydrogen-bond donors (Lipinski definition) is 1. The van der Waals surface area contributed by atoms with Gasteiger partial charge in [0.1, 0.15) is 17.4 Å². The van der Waals surface area contributed by atoms with Crippen molar-refractivity contribution in [1.29, 1.82) is 5.26 Å². The van der Waals surface area contributed by atoms with Crippen molar-refractivity contribution >= 4 is 0 Å². The van der Waals surface area contributed by atoms with Gasteiger partial charge in [-0.2, -0.15) is 5.26 Å². The van der Waals surface area contributed by atoms with Crippen LogP contribution in [0.25, 0.3) is 0 Å². The summed E-state index contributed by atoms with van der Waals surface area (Å²) < 4.78 is 7.83. The summed E-state index contributed by atoms with van der Waals surface area (Å²) in [7, 11) is 0. The Balaban J connectivity index is 2.50. The second-order valence-corrected chi connectivity index (χ2v) is 5.62. The highest BCUT2D eigenvalue weighted by Gasteiger charge is 2.16. The molecule has 7 nitrogen and oxygen atoms in total. The number of benzene rings is 1. The van der Waals surface area contributed by atoms with Crippen molar-refractivity contribution in [2.45, 2.75) is 33.4 Å². The molecule has 2 aromatic rings. The van der Waals surface area contributed by atoms with E-state index >= 15 is 0 Å². The second kappa shape index (κ2) is 8.31. The van der Waals surface area contributed by atoms with Gasteiger partial charge in [0, 0.05) is 5.69 Å². The van der Waals surface area contributed by atoms with Crippen molar-refractivity contribution in [3.05, 3.63) is 61.9 Å². The fraction of sp³-hybridized carbons (Fsp3) is 0.389. The Kier molecular flexibility index (Phi) is 6.14. The maximum absolute atomic E-state index is 12.6. The van der Waals surface area contributed by atoms with Crippen molar-refractivity contribution in [3.63, 3.8) is 0 Å². The molecule has 1 heterocycles. The van der Waals surface area contributed by atoms with Gasteiger partial charge in [0.15, 0.2) is 0 Å². The van der Waals surface area contributed by atoms with Gasteiger partial charge >= 0.3 is 5.69 Å². The average Bonchev–Trinajstić information content (AvgIpc) is 2.61.